The second kappa shape index (κ2) is 2.91. The summed E-state index contributed by atoms with van der Waals surface area (Å²) >= 11 is 0. The van der Waals surface area contributed by atoms with Crippen molar-refractivity contribution < 1.29 is 5.03 Å². The first-order valence-electron chi connectivity index (χ1n) is 3.59. The standard InChI is InChI=1S/C8H11N2O2/c1-10(2,9(11)12)8-6-4-3-5-7-8/h3-7H,1-2H3/q+1. The minimum absolute atomic E-state index is 0.332. The van der Waals surface area contributed by atoms with Crippen molar-refractivity contribution in [1.82, 2.24) is 4.59 Å². The molecule has 0 aliphatic heterocycles. The summed E-state index contributed by atoms with van der Waals surface area (Å²) in [7, 11) is 3.07. The van der Waals surface area contributed by atoms with Crippen molar-refractivity contribution in [3.63, 3.8) is 0 Å². The molecule has 0 saturated carbocycles. The lowest BCUT2D eigenvalue weighted by Gasteiger charge is -2.15. The van der Waals surface area contributed by atoms with Crippen LogP contribution in [0.15, 0.2) is 30.3 Å². The summed E-state index contributed by atoms with van der Waals surface area (Å²) in [6.07, 6.45) is 0. The molecular weight excluding hydrogens is 156 g/mol. The van der Waals surface area contributed by atoms with Crippen LogP contribution in [0.5, 0.6) is 0 Å². The van der Waals surface area contributed by atoms with Crippen molar-refractivity contribution >= 4 is 5.69 Å². The molecule has 0 amide bonds. The molecule has 0 atom stereocenters. The Balaban J connectivity index is 3.06. The largest absolute Gasteiger partial charge is 0.242 e. The number of para-hydroxylation sites is 1. The third-order valence-electron chi connectivity index (χ3n) is 1.80. The number of rotatable bonds is 2. The van der Waals surface area contributed by atoms with E-state index in [4.69, 9.17) is 0 Å². The van der Waals surface area contributed by atoms with Gasteiger partial charge in [-0.15, -0.1) is 0 Å². The van der Waals surface area contributed by atoms with Crippen LogP contribution < -0.4 is 4.59 Å². The Bertz CT molecular complexity index is 282. The van der Waals surface area contributed by atoms with E-state index >= 15 is 0 Å². The van der Waals surface area contributed by atoms with Gasteiger partial charge >= 0.3 is 0 Å². The molecule has 0 saturated heterocycles. The van der Waals surface area contributed by atoms with Gasteiger partial charge in [-0.05, 0) is 4.59 Å². The van der Waals surface area contributed by atoms with Crippen LogP contribution >= 0.6 is 0 Å². The molecule has 0 unspecified atom stereocenters. The highest BCUT2D eigenvalue weighted by molar-refractivity contribution is 5.38. The molecule has 4 nitrogen and oxygen atoms in total. The summed E-state index contributed by atoms with van der Waals surface area (Å²) in [6.45, 7) is 0. The van der Waals surface area contributed by atoms with E-state index in [1.165, 1.54) is 14.1 Å². The van der Waals surface area contributed by atoms with Crippen molar-refractivity contribution in [2.75, 3.05) is 14.1 Å². The van der Waals surface area contributed by atoms with Crippen LogP contribution in [0.1, 0.15) is 0 Å². The van der Waals surface area contributed by atoms with Crippen LogP contribution in [0.2, 0.25) is 0 Å². The van der Waals surface area contributed by atoms with Crippen molar-refractivity contribution in [2.45, 2.75) is 0 Å². The predicted molar refractivity (Wildman–Crippen MR) is 47.1 cm³/mol. The third kappa shape index (κ3) is 1.43. The van der Waals surface area contributed by atoms with Gasteiger partial charge in [-0.1, -0.05) is 18.2 Å². The normalized spacial score (nSPS) is 11.2. The van der Waals surface area contributed by atoms with Gasteiger partial charge in [-0.3, -0.25) is 0 Å². The summed E-state index contributed by atoms with van der Waals surface area (Å²) in [5.41, 5.74) is 0.669. The lowest BCUT2D eigenvalue weighted by Crippen LogP contribution is -2.46. The molecular formula is C8H11N2O2+. The van der Waals surface area contributed by atoms with Crippen LogP contribution in [-0.4, -0.2) is 19.1 Å². The molecule has 0 spiro atoms. The quantitative estimate of drug-likeness (QED) is 0.380. The molecule has 0 bridgehead atoms. The molecule has 0 heterocycles. The maximum absolute atomic E-state index is 10.6. The second-order valence-electron chi connectivity index (χ2n) is 2.97. The van der Waals surface area contributed by atoms with Gasteiger partial charge in [0.15, 0.2) is 5.69 Å². The van der Waals surface area contributed by atoms with Crippen molar-refractivity contribution in [1.29, 1.82) is 0 Å². The smallest absolute Gasteiger partial charge is 0.207 e. The van der Waals surface area contributed by atoms with Gasteiger partial charge in [-0.2, -0.15) is 0 Å². The van der Waals surface area contributed by atoms with Gasteiger partial charge in [0.25, 0.3) is 0 Å². The monoisotopic (exact) mass is 167 g/mol. The Morgan fingerprint density at radius 3 is 2.17 bits per heavy atom. The summed E-state index contributed by atoms with van der Waals surface area (Å²) in [4.78, 5) is 10.6. The van der Waals surface area contributed by atoms with E-state index in [0.29, 0.717) is 5.69 Å². The number of benzene rings is 1. The van der Waals surface area contributed by atoms with E-state index in [9.17, 15) is 10.1 Å². The number of nitro groups is 1. The van der Waals surface area contributed by atoms with E-state index in [1.807, 2.05) is 6.07 Å². The van der Waals surface area contributed by atoms with Gasteiger partial charge in [0.1, 0.15) is 14.1 Å². The van der Waals surface area contributed by atoms with Crippen LogP contribution in [0.3, 0.4) is 0 Å². The van der Waals surface area contributed by atoms with Gasteiger partial charge in [0, 0.05) is 12.1 Å². The molecule has 0 aliphatic carbocycles. The molecule has 0 radical (unpaired) electrons. The van der Waals surface area contributed by atoms with Crippen molar-refractivity contribution in [3.05, 3.63) is 40.4 Å². The molecule has 0 aromatic heterocycles. The SMILES string of the molecule is C[N+](C)(c1ccccc1)[N+](=O)[O-]. The predicted octanol–water partition coefficient (Wildman–Crippen LogP) is 1.45. The Kier molecular flexibility index (Phi) is 2.10. The lowest BCUT2D eigenvalue weighted by atomic mass is 10.3. The van der Waals surface area contributed by atoms with E-state index in [0.717, 1.165) is 0 Å². The lowest BCUT2D eigenvalue weighted by molar-refractivity contribution is -0.629. The minimum atomic E-state index is -0.338. The number of hydrogen-bond donors (Lipinski definition) is 0. The van der Waals surface area contributed by atoms with E-state index < -0.39 is 0 Å². The van der Waals surface area contributed by atoms with Crippen LogP contribution in [0.4, 0.5) is 5.69 Å². The second-order valence-corrected chi connectivity index (χ2v) is 2.97. The molecule has 0 fully saturated rings. The highest BCUT2D eigenvalue weighted by Gasteiger charge is 2.30. The van der Waals surface area contributed by atoms with Gasteiger partial charge < -0.3 is 0 Å². The van der Waals surface area contributed by atoms with Gasteiger partial charge in [0.2, 0.25) is 5.03 Å². The van der Waals surface area contributed by atoms with Crippen molar-refractivity contribution in [2.24, 2.45) is 0 Å². The number of quaternary nitrogens is 1. The summed E-state index contributed by atoms with van der Waals surface area (Å²) in [6, 6.07) is 8.90. The first-order valence-corrected chi connectivity index (χ1v) is 3.59. The van der Waals surface area contributed by atoms with Crippen LogP contribution in [0, 0.1) is 10.1 Å². The number of nitrogens with zero attached hydrogens (tertiary/aromatic N) is 2. The van der Waals surface area contributed by atoms with E-state index in [1.54, 1.807) is 24.3 Å². The van der Waals surface area contributed by atoms with E-state index in [-0.39, 0.29) is 9.62 Å². The topological polar surface area (TPSA) is 43.1 Å². The molecule has 1 rings (SSSR count). The Morgan fingerprint density at radius 2 is 1.75 bits per heavy atom. The summed E-state index contributed by atoms with van der Waals surface area (Å²) in [5.74, 6) is 0. The average Bonchev–Trinajstić information content (AvgIpc) is 2.06. The Labute approximate surface area is 70.8 Å². The fraction of sp³-hybridized carbons (Fsp3) is 0.250. The zero-order valence-corrected chi connectivity index (χ0v) is 7.10. The van der Waals surface area contributed by atoms with Crippen LogP contribution in [0.25, 0.3) is 0 Å². The summed E-state index contributed by atoms with van der Waals surface area (Å²) in [5, 5.41) is 10.3. The zero-order valence-electron chi connectivity index (χ0n) is 7.10. The Morgan fingerprint density at radius 1 is 1.25 bits per heavy atom. The highest BCUT2D eigenvalue weighted by Crippen LogP contribution is 2.17. The Hall–Kier alpha value is -1.42. The molecule has 0 aliphatic rings. The maximum Gasteiger partial charge on any atom is 0.242 e. The molecule has 1 aromatic rings. The van der Waals surface area contributed by atoms with Crippen molar-refractivity contribution in [3.8, 4) is 0 Å². The first-order chi connectivity index (χ1) is 5.55. The molecule has 4 heteroatoms. The fourth-order valence-electron chi connectivity index (χ4n) is 0.887. The zero-order chi connectivity index (χ0) is 9.19. The fourth-order valence-corrected chi connectivity index (χ4v) is 0.887. The van der Waals surface area contributed by atoms with E-state index in [2.05, 4.69) is 0 Å². The number of hydrogen-bond acceptors (Lipinski definition) is 2. The third-order valence-corrected chi connectivity index (χ3v) is 1.80. The molecule has 12 heavy (non-hydrogen) atoms. The molecule has 0 N–H and O–H groups in total. The first kappa shape index (κ1) is 8.67. The van der Waals surface area contributed by atoms with Gasteiger partial charge in [0.05, 0.1) is 0 Å². The minimum Gasteiger partial charge on any atom is -0.207 e. The average molecular weight is 167 g/mol. The highest BCUT2D eigenvalue weighted by atomic mass is 16.7. The maximum atomic E-state index is 10.6. The molecule has 64 valence electrons. The molecule has 1 aromatic carbocycles. The summed E-state index contributed by atoms with van der Waals surface area (Å²) < 4.78 is -0.332. The van der Waals surface area contributed by atoms with Crippen LogP contribution in [-0.2, 0) is 0 Å². The van der Waals surface area contributed by atoms with Gasteiger partial charge in [-0.25, -0.2) is 10.1 Å².